The lowest BCUT2D eigenvalue weighted by Crippen LogP contribution is -2.37. The second-order valence-electron chi connectivity index (χ2n) is 6.23. The molecule has 3 heterocycles. The van der Waals surface area contributed by atoms with Gasteiger partial charge in [0.05, 0.1) is 11.0 Å². The lowest BCUT2D eigenvalue weighted by molar-refractivity contribution is 0.706. The highest BCUT2D eigenvalue weighted by atomic mass is 16.2. The summed E-state index contributed by atoms with van der Waals surface area (Å²) in [5.41, 5.74) is 4.09. The van der Waals surface area contributed by atoms with Crippen molar-refractivity contribution in [3.63, 3.8) is 0 Å². The van der Waals surface area contributed by atoms with Crippen molar-refractivity contribution in [1.29, 1.82) is 0 Å². The van der Waals surface area contributed by atoms with Crippen LogP contribution in [-0.2, 0) is 14.1 Å². The fourth-order valence-corrected chi connectivity index (χ4v) is 3.19. The van der Waals surface area contributed by atoms with Crippen LogP contribution in [0, 0.1) is 13.8 Å². The number of rotatable bonds is 1. The van der Waals surface area contributed by atoms with E-state index in [0.717, 1.165) is 21.6 Å². The number of benzene rings is 1. The van der Waals surface area contributed by atoms with E-state index in [1.54, 1.807) is 7.05 Å². The molecule has 0 amide bonds. The molecule has 0 bridgehead atoms. The Morgan fingerprint density at radius 3 is 2.20 bits per heavy atom. The van der Waals surface area contributed by atoms with E-state index < -0.39 is 11.2 Å². The van der Waals surface area contributed by atoms with Gasteiger partial charge in [0.25, 0.3) is 5.56 Å². The van der Waals surface area contributed by atoms with Gasteiger partial charge in [-0.25, -0.2) is 14.8 Å². The van der Waals surface area contributed by atoms with Gasteiger partial charge in [0, 0.05) is 31.2 Å². The molecular weight excluding hydrogens is 318 g/mol. The first-order valence-corrected chi connectivity index (χ1v) is 7.91. The van der Waals surface area contributed by atoms with E-state index >= 15 is 0 Å². The first kappa shape index (κ1) is 15.3. The summed E-state index contributed by atoms with van der Waals surface area (Å²) in [6.45, 7) is 4.08. The van der Waals surface area contributed by atoms with Crippen LogP contribution < -0.4 is 11.2 Å². The van der Waals surface area contributed by atoms with Crippen molar-refractivity contribution in [2.75, 3.05) is 0 Å². The topological polar surface area (TPSA) is 74.7 Å². The number of aromatic nitrogens is 5. The summed E-state index contributed by atoms with van der Waals surface area (Å²) in [4.78, 5) is 33.5. The van der Waals surface area contributed by atoms with Crippen molar-refractivity contribution < 1.29 is 0 Å². The monoisotopic (exact) mass is 335 g/mol. The Bertz CT molecular complexity index is 1260. The molecule has 0 atom stereocenters. The Morgan fingerprint density at radius 1 is 0.840 bits per heavy atom. The summed E-state index contributed by atoms with van der Waals surface area (Å²) in [5, 5.41) is 0. The predicted molar refractivity (Wildman–Crippen MR) is 96.3 cm³/mol. The molecule has 0 unspecified atom stereocenters. The van der Waals surface area contributed by atoms with Crippen molar-refractivity contribution in [2.24, 2.45) is 14.1 Å². The van der Waals surface area contributed by atoms with Gasteiger partial charge in [-0.1, -0.05) is 0 Å². The number of aryl methyl sites for hydroxylation is 3. The summed E-state index contributed by atoms with van der Waals surface area (Å²) in [6.07, 6.45) is 0. The molecule has 0 N–H and O–H groups in total. The number of hydrogen-bond donors (Lipinski definition) is 0. The molecule has 0 fully saturated rings. The van der Waals surface area contributed by atoms with E-state index in [0.29, 0.717) is 16.7 Å². The van der Waals surface area contributed by atoms with Crippen molar-refractivity contribution >= 4 is 22.2 Å². The fourth-order valence-electron chi connectivity index (χ4n) is 3.19. The summed E-state index contributed by atoms with van der Waals surface area (Å²) in [5.74, 6) is 0. The second-order valence-corrected chi connectivity index (χ2v) is 6.23. The third-order valence-corrected chi connectivity index (χ3v) is 4.56. The van der Waals surface area contributed by atoms with Crippen molar-refractivity contribution in [3.8, 4) is 5.69 Å². The molecule has 25 heavy (non-hydrogen) atoms. The quantitative estimate of drug-likeness (QED) is 0.495. The molecule has 0 saturated carbocycles. The third-order valence-electron chi connectivity index (χ3n) is 4.56. The Kier molecular flexibility index (Phi) is 3.15. The minimum atomic E-state index is -0.436. The zero-order chi connectivity index (χ0) is 17.9. The average molecular weight is 335 g/mol. The lowest BCUT2D eigenvalue weighted by atomic mass is 10.2. The molecule has 0 aliphatic carbocycles. The zero-order valence-corrected chi connectivity index (χ0v) is 14.4. The highest BCUT2D eigenvalue weighted by Gasteiger charge is 2.13. The van der Waals surface area contributed by atoms with Crippen LogP contribution >= 0.6 is 0 Å². The van der Waals surface area contributed by atoms with E-state index in [1.165, 1.54) is 11.6 Å². The van der Waals surface area contributed by atoms with Crippen LogP contribution in [0.4, 0.5) is 0 Å². The SMILES string of the molecule is Cc1ccc(C)n1-c1ccc2nc3c(=O)n(C)c(=O)n(C)c3nc2c1. The smallest absolute Gasteiger partial charge is 0.318 e. The molecule has 0 saturated heterocycles. The van der Waals surface area contributed by atoms with E-state index in [1.807, 2.05) is 32.0 Å². The van der Waals surface area contributed by atoms with E-state index in [4.69, 9.17) is 0 Å². The molecule has 7 heteroatoms. The van der Waals surface area contributed by atoms with Crippen LogP contribution in [-0.4, -0.2) is 23.7 Å². The Hall–Kier alpha value is -3.22. The van der Waals surface area contributed by atoms with E-state index in [-0.39, 0.29) is 5.52 Å². The Labute approximate surface area is 142 Å². The molecule has 0 radical (unpaired) electrons. The molecule has 0 aliphatic heterocycles. The maximum Gasteiger partial charge on any atom is 0.332 e. The molecule has 0 spiro atoms. The standard InChI is InChI=1S/C18H17N5O2/c1-10-5-6-11(2)23(10)12-7-8-13-14(9-12)20-16-15(19-13)17(24)22(4)18(25)21(16)3/h5-9H,1-4H3. The van der Waals surface area contributed by atoms with Crippen molar-refractivity contribution in [3.05, 3.63) is 62.6 Å². The summed E-state index contributed by atoms with van der Waals surface area (Å²) in [7, 11) is 3.03. The number of fused-ring (bicyclic) bond motifs is 2. The summed E-state index contributed by atoms with van der Waals surface area (Å²) < 4.78 is 4.51. The Morgan fingerprint density at radius 2 is 1.52 bits per heavy atom. The molecule has 3 aromatic heterocycles. The molecule has 0 aliphatic rings. The summed E-state index contributed by atoms with van der Waals surface area (Å²) >= 11 is 0. The zero-order valence-electron chi connectivity index (χ0n) is 14.4. The van der Waals surface area contributed by atoms with E-state index in [9.17, 15) is 9.59 Å². The van der Waals surface area contributed by atoms with Crippen molar-refractivity contribution in [1.82, 2.24) is 23.7 Å². The average Bonchev–Trinajstić information content (AvgIpc) is 2.95. The van der Waals surface area contributed by atoms with Gasteiger partial charge in [-0.05, 0) is 44.2 Å². The van der Waals surface area contributed by atoms with Gasteiger partial charge in [0.15, 0.2) is 11.2 Å². The highest BCUT2D eigenvalue weighted by molar-refractivity contribution is 5.85. The van der Waals surface area contributed by atoms with Crippen LogP contribution in [0.5, 0.6) is 0 Å². The predicted octanol–water partition coefficient (Wildman–Crippen LogP) is 1.59. The van der Waals surface area contributed by atoms with Crippen LogP contribution in [0.3, 0.4) is 0 Å². The Balaban J connectivity index is 2.08. The molecule has 126 valence electrons. The first-order valence-electron chi connectivity index (χ1n) is 7.91. The van der Waals surface area contributed by atoms with Crippen LogP contribution in [0.2, 0.25) is 0 Å². The van der Waals surface area contributed by atoms with Crippen LogP contribution in [0.1, 0.15) is 11.4 Å². The van der Waals surface area contributed by atoms with Crippen LogP contribution in [0.25, 0.3) is 27.9 Å². The maximum atomic E-state index is 12.3. The lowest BCUT2D eigenvalue weighted by Gasteiger charge is -2.11. The van der Waals surface area contributed by atoms with Gasteiger partial charge in [-0.15, -0.1) is 0 Å². The van der Waals surface area contributed by atoms with Gasteiger partial charge in [0.1, 0.15) is 0 Å². The van der Waals surface area contributed by atoms with E-state index in [2.05, 4.69) is 26.7 Å². The minimum Gasteiger partial charge on any atom is -0.318 e. The molecule has 4 rings (SSSR count). The van der Waals surface area contributed by atoms with Crippen molar-refractivity contribution in [2.45, 2.75) is 13.8 Å². The number of nitrogens with zero attached hydrogens (tertiary/aromatic N) is 5. The van der Waals surface area contributed by atoms with Gasteiger partial charge in [-0.3, -0.25) is 13.9 Å². The first-order chi connectivity index (χ1) is 11.9. The van der Waals surface area contributed by atoms with Gasteiger partial charge >= 0.3 is 5.69 Å². The summed E-state index contributed by atoms with van der Waals surface area (Å²) in [6, 6.07) is 9.83. The normalized spacial score (nSPS) is 11.5. The fraction of sp³-hybridized carbons (Fsp3) is 0.222. The van der Waals surface area contributed by atoms with Crippen LogP contribution in [0.15, 0.2) is 39.9 Å². The largest absolute Gasteiger partial charge is 0.332 e. The minimum absolute atomic E-state index is 0.193. The molecule has 4 aromatic rings. The molecular formula is C18H17N5O2. The van der Waals surface area contributed by atoms with Gasteiger partial charge < -0.3 is 4.57 Å². The highest BCUT2D eigenvalue weighted by Crippen LogP contribution is 2.21. The van der Waals surface area contributed by atoms with Gasteiger partial charge in [-0.2, -0.15) is 0 Å². The van der Waals surface area contributed by atoms with Gasteiger partial charge in [0.2, 0.25) is 0 Å². The number of hydrogen-bond acceptors (Lipinski definition) is 4. The third kappa shape index (κ3) is 2.12. The maximum absolute atomic E-state index is 12.3. The molecule has 7 nitrogen and oxygen atoms in total. The second kappa shape index (κ2) is 5.14. The molecule has 1 aromatic carbocycles.